The Hall–Kier alpha value is -2.21. The second-order valence-corrected chi connectivity index (χ2v) is 5.29. The van der Waals surface area contributed by atoms with E-state index in [9.17, 15) is 0 Å². The lowest BCUT2D eigenvalue weighted by Gasteiger charge is -2.04. The number of anilines is 1. The Morgan fingerprint density at radius 1 is 1.15 bits per heavy atom. The highest BCUT2D eigenvalue weighted by atomic mass is 79.9. The van der Waals surface area contributed by atoms with E-state index in [0.717, 1.165) is 26.9 Å². The number of nitrogens with zero attached hydrogens (tertiary/aromatic N) is 4. The normalized spacial score (nSPS) is 10.7. The number of nitrogen functional groups attached to an aromatic ring is 1. The van der Waals surface area contributed by atoms with Gasteiger partial charge in [-0.2, -0.15) is 5.10 Å². The van der Waals surface area contributed by atoms with Crippen LogP contribution >= 0.6 is 15.9 Å². The van der Waals surface area contributed by atoms with Gasteiger partial charge in [0, 0.05) is 29.5 Å². The number of hydrogen-bond acceptors (Lipinski definition) is 4. The maximum Gasteiger partial charge on any atom is 0.129 e. The number of rotatable bonds is 2. The topological polar surface area (TPSA) is 69.6 Å². The van der Waals surface area contributed by atoms with Crippen LogP contribution in [0, 0.1) is 0 Å². The molecule has 0 unspecified atom stereocenters. The fourth-order valence-corrected chi connectivity index (χ4v) is 2.49. The molecule has 0 aliphatic rings. The quantitative estimate of drug-likeness (QED) is 0.784. The van der Waals surface area contributed by atoms with E-state index < -0.39 is 0 Å². The molecule has 2 aromatic heterocycles. The molecule has 6 heteroatoms. The van der Waals surface area contributed by atoms with Crippen molar-refractivity contribution < 1.29 is 0 Å². The smallest absolute Gasteiger partial charge is 0.129 e. The van der Waals surface area contributed by atoms with Crippen LogP contribution < -0.4 is 5.73 Å². The van der Waals surface area contributed by atoms with Crippen molar-refractivity contribution in [3.8, 4) is 22.4 Å². The number of aromatic nitrogens is 4. The average molecular weight is 330 g/mol. The molecule has 2 N–H and O–H groups in total. The minimum atomic E-state index is 0.613. The minimum Gasteiger partial charge on any atom is -0.383 e. The second-order valence-electron chi connectivity index (χ2n) is 4.37. The van der Waals surface area contributed by atoms with Gasteiger partial charge in [-0.05, 0) is 17.7 Å². The van der Waals surface area contributed by atoms with Crippen molar-refractivity contribution in [2.45, 2.75) is 0 Å². The van der Waals surface area contributed by atoms with Crippen molar-refractivity contribution in [3.63, 3.8) is 0 Å². The summed E-state index contributed by atoms with van der Waals surface area (Å²) in [5.74, 6) is 0.613. The summed E-state index contributed by atoms with van der Waals surface area (Å²) in [6.45, 7) is 0. The molecular formula is C14H12BrN5. The first kappa shape index (κ1) is 12.8. The molecule has 5 nitrogen and oxygen atoms in total. The maximum atomic E-state index is 6.17. The maximum absolute atomic E-state index is 6.17. The van der Waals surface area contributed by atoms with E-state index in [1.807, 2.05) is 31.3 Å². The van der Waals surface area contributed by atoms with Gasteiger partial charge < -0.3 is 5.73 Å². The summed E-state index contributed by atoms with van der Waals surface area (Å²) in [5.41, 5.74) is 9.69. The summed E-state index contributed by atoms with van der Waals surface area (Å²) in [6.07, 6.45) is 4.96. The molecule has 0 bridgehead atoms. The van der Waals surface area contributed by atoms with Gasteiger partial charge in [-0.3, -0.25) is 4.68 Å². The third-order valence-corrected chi connectivity index (χ3v) is 3.53. The predicted molar refractivity (Wildman–Crippen MR) is 81.8 cm³/mol. The lowest BCUT2D eigenvalue weighted by molar-refractivity contribution is 0.782. The van der Waals surface area contributed by atoms with Gasteiger partial charge in [0.05, 0.1) is 5.56 Å². The molecular weight excluding hydrogens is 318 g/mol. The summed E-state index contributed by atoms with van der Waals surface area (Å²) >= 11 is 3.48. The predicted octanol–water partition coefficient (Wildman–Crippen LogP) is 2.89. The van der Waals surface area contributed by atoms with Crippen LogP contribution in [0.1, 0.15) is 0 Å². The zero-order chi connectivity index (χ0) is 14.1. The van der Waals surface area contributed by atoms with E-state index in [1.54, 1.807) is 17.1 Å². The highest BCUT2D eigenvalue weighted by Gasteiger charge is 2.17. The van der Waals surface area contributed by atoms with Crippen LogP contribution in [0.2, 0.25) is 0 Å². The molecule has 100 valence electrons. The van der Waals surface area contributed by atoms with Crippen molar-refractivity contribution >= 4 is 21.7 Å². The molecule has 0 aliphatic carbocycles. The van der Waals surface area contributed by atoms with Crippen molar-refractivity contribution in [2.24, 2.45) is 7.05 Å². The zero-order valence-corrected chi connectivity index (χ0v) is 12.4. The number of hydrogen-bond donors (Lipinski definition) is 1. The van der Waals surface area contributed by atoms with Crippen LogP contribution in [0.5, 0.6) is 0 Å². The Labute approximate surface area is 124 Å². The molecule has 0 spiro atoms. The number of halogens is 1. The first-order valence-corrected chi connectivity index (χ1v) is 6.80. The number of aryl methyl sites for hydroxylation is 1. The summed E-state index contributed by atoms with van der Waals surface area (Å²) in [7, 11) is 1.82. The number of nitrogens with two attached hydrogens (primary N) is 1. The summed E-state index contributed by atoms with van der Waals surface area (Å²) < 4.78 is 2.66. The Bertz CT molecular complexity index is 752. The molecule has 0 saturated carbocycles. The molecule has 0 saturated heterocycles. The van der Waals surface area contributed by atoms with Crippen molar-refractivity contribution in [1.82, 2.24) is 19.7 Å². The molecule has 0 amide bonds. The molecule has 0 radical (unpaired) electrons. The van der Waals surface area contributed by atoms with Crippen LogP contribution in [0.4, 0.5) is 5.82 Å². The SMILES string of the molecule is Cn1nc(-c2cncnc2)c(-c2cccc(Br)c2)c1N. The van der Waals surface area contributed by atoms with Crippen molar-refractivity contribution in [3.05, 3.63) is 47.5 Å². The highest BCUT2D eigenvalue weighted by molar-refractivity contribution is 9.10. The van der Waals surface area contributed by atoms with E-state index in [1.165, 1.54) is 6.33 Å². The van der Waals surface area contributed by atoms with Gasteiger partial charge in [-0.25, -0.2) is 9.97 Å². The van der Waals surface area contributed by atoms with Gasteiger partial charge in [-0.1, -0.05) is 28.1 Å². The third kappa shape index (κ3) is 2.18. The highest BCUT2D eigenvalue weighted by Crippen LogP contribution is 2.36. The van der Waals surface area contributed by atoms with Crippen molar-refractivity contribution in [1.29, 1.82) is 0 Å². The summed E-state index contributed by atoms with van der Waals surface area (Å²) in [4.78, 5) is 8.08. The van der Waals surface area contributed by atoms with E-state index in [4.69, 9.17) is 5.73 Å². The van der Waals surface area contributed by atoms with Crippen LogP contribution in [-0.4, -0.2) is 19.7 Å². The van der Waals surface area contributed by atoms with E-state index in [2.05, 4.69) is 31.0 Å². The second kappa shape index (κ2) is 5.05. The fraction of sp³-hybridized carbons (Fsp3) is 0.0714. The Morgan fingerprint density at radius 2 is 1.90 bits per heavy atom. The number of benzene rings is 1. The molecule has 20 heavy (non-hydrogen) atoms. The van der Waals surface area contributed by atoms with Gasteiger partial charge in [-0.15, -0.1) is 0 Å². The molecule has 1 aromatic carbocycles. The van der Waals surface area contributed by atoms with Gasteiger partial charge in [0.25, 0.3) is 0 Å². The molecule has 3 aromatic rings. The third-order valence-electron chi connectivity index (χ3n) is 3.04. The van der Waals surface area contributed by atoms with Crippen molar-refractivity contribution in [2.75, 3.05) is 5.73 Å². The summed E-state index contributed by atoms with van der Waals surface area (Å²) in [6, 6.07) is 7.96. The largest absolute Gasteiger partial charge is 0.383 e. The average Bonchev–Trinajstić information content (AvgIpc) is 2.76. The first-order valence-electron chi connectivity index (χ1n) is 6.00. The van der Waals surface area contributed by atoms with Crippen LogP contribution in [-0.2, 0) is 7.05 Å². The summed E-state index contributed by atoms with van der Waals surface area (Å²) in [5, 5.41) is 4.48. The van der Waals surface area contributed by atoms with E-state index in [0.29, 0.717) is 5.82 Å². The lowest BCUT2D eigenvalue weighted by Crippen LogP contribution is -1.97. The van der Waals surface area contributed by atoms with Crippen LogP contribution in [0.3, 0.4) is 0 Å². The molecule has 0 fully saturated rings. The standard InChI is InChI=1S/C14H12BrN5/c1-20-14(16)12(9-3-2-4-11(15)5-9)13(19-20)10-6-17-8-18-7-10/h2-8H,16H2,1H3. The van der Waals surface area contributed by atoms with E-state index >= 15 is 0 Å². The molecule has 3 rings (SSSR count). The lowest BCUT2D eigenvalue weighted by atomic mass is 10.0. The first-order chi connectivity index (χ1) is 9.66. The monoisotopic (exact) mass is 329 g/mol. The zero-order valence-electron chi connectivity index (χ0n) is 10.8. The molecule has 0 atom stereocenters. The molecule has 2 heterocycles. The van der Waals surface area contributed by atoms with Gasteiger partial charge in [0.2, 0.25) is 0 Å². The Kier molecular flexibility index (Phi) is 3.23. The Morgan fingerprint density at radius 3 is 2.60 bits per heavy atom. The van der Waals surface area contributed by atoms with Crippen LogP contribution in [0.15, 0.2) is 47.5 Å². The minimum absolute atomic E-state index is 0.613. The van der Waals surface area contributed by atoms with Crippen LogP contribution in [0.25, 0.3) is 22.4 Å². The Balaban J connectivity index is 2.25. The molecule has 0 aliphatic heterocycles. The van der Waals surface area contributed by atoms with Gasteiger partial charge >= 0.3 is 0 Å². The van der Waals surface area contributed by atoms with Gasteiger partial charge in [0.1, 0.15) is 17.8 Å². The van der Waals surface area contributed by atoms with Gasteiger partial charge in [0.15, 0.2) is 0 Å². The fourth-order valence-electron chi connectivity index (χ4n) is 2.09. The van der Waals surface area contributed by atoms with E-state index in [-0.39, 0.29) is 0 Å².